The fourth-order valence-electron chi connectivity index (χ4n) is 3.01. The van der Waals surface area contributed by atoms with Gasteiger partial charge in [0, 0.05) is 12.7 Å². The molecule has 1 aliphatic carbocycles. The van der Waals surface area contributed by atoms with Crippen LogP contribution in [0.25, 0.3) is 11.2 Å². The zero-order chi connectivity index (χ0) is 13.2. The van der Waals surface area contributed by atoms with Crippen LogP contribution in [0.3, 0.4) is 0 Å². The second-order valence-corrected chi connectivity index (χ2v) is 6.22. The van der Waals surface area contributed by atoms with Crippen LogP contribution >= 0.6 is 23.8 Å². The molecule has 0 atom stereocenters. The summed E-state index contributed by atoms with van der Waals surface area (Å²) >= 11 is 11.3. The lowest BCUT2D eigenvalue weighted by molar-refractivity contribution is 0.324. The van der Waals surface area contributed by atoms with Gasteiger partial charge >= 0.3 is 0 Å². The van der Waals surface area contributed by atoms with E-state index in [2.05, 4.69) is 14.5 Å². The number of fused-ring (bicyclic) bond motifs is 1. The Morgan fingerprint density at radius 2 is 2.16 bits per heavy atom. The molecule has 0 radical (unpaired) electrons. The predicted molar refractivity (Wildman–Crippen MR) is 81.1 cm³/mol. The van der Waals surface area contributed by atoms with Crippen molar-refractivity contribution in [1.82, 2.24) is 14.5 Å². The van der Waals surface area contributed by atoms with Gasteiger partial charge in [0.15, 0.2) is 10.4 Å². The van der Waals surface area contributed by atoms with E-state index < -0.39 is 0 Å². The summed E-state index contributed by atoms with van der Waals surface area (Å²) in [4.78, 5) is 7.58. The molecular formula is C14H18ClN3S. The van der Waals surface area contributed by atoms with Crippen molar-refractivity contribution in [3.63, 3.8) is 0 Å². The average Bonchev–Trinajstić information content (AvgIpc) is 2.72. The Hall–Kier alpha value is -0.870. The minimum atomic E-state index is 0.642. The number of imidazole rings is 1. The number of aromatic amines is 1. The van der Waals surface area contributed by atoms with E-state index >= 15 is 0 Å². The van der Waals surface area contributed by atoms with Crippen molar-refractivity contribution in [2.45, 2.75) is 45.1 Å². The molecule has 5 heteroatoms. The standard InChI is InChI=1S/C14H18ClN3S/c15-11-8-12-13(16-9-11)18(14(19)17-12)7-6-10-4-2-1-3-5-10/h8-10H,1-7H2,(H,17,19). The van der Waals surface area contributed by atoms with E-state index in [0.29, 0.717) is 5.02 Å². The van der Waals surface area contributed by atoms with Crippen molar-refractivity contribution in [1.29, 1.82) is 0 Å². The van der Waals surface area contributed by atoms with E-state index in [1.165, 1.54) is 38.5 Å². The van der Waals surface area contributed by atoms with E-state index in [9.17, 15) is 0 Å². The lowest BCUT2D eigenvalue weighted by Crippen LogP contribution is -2.10. The highest BCUT2D eigenvalue weighted by atomic mass is 35.5. The molecule has 1 N–H and O–H groups in total. The van der Waals surface area contributed by atoms with Crippen LogP contribution in [-0.4, -0.2) is 14.5 Å². The third-order valence-electron chi connectivity index (χ3n) is 4.06. The first-order valence-corrected chi connectivity index (χ1v) is 7.77. The number of aryl methyl sites for hydroxylation is 1. The van der Waals surface area contributed by atoms with Gasteiger partial charge in [0.25, 0.3) is 0 Å². The van der Waals surface area contributed by atoms with E-state index in [-0.39, 0.29) is 0 Å². The Balaban J connectivity index is 1.80. The number of aromatic nitrogens is 3. The molecule has 3 nitrogen and oxygen atoms in total. The van der Waals surface area contributed by atoms with Crippen LogP contribution in [0.4, 0.5) is 0 Å². The van der Waals surface area contributed by atoms with Gasteiger partial charge in [0.1, 0.15) is 0 Å². The summed E-state index contributed by atoms with van der Waals surface area (Å²) in [5, 5.41) is 0.642. The number of pyridine rings is 1. The van der Waals surface area contributed by atoms with Crippen molar-refractivity contribution in [2.75, 3.05) is 0 Å². The highest BCUT2D eigenvalue weighted by molar-refractivity contribution is 7.71. The minimum Gasteiger partial charge on any atom is -0.329 e. The molecule has 19 heavy (non-hydrogen) atoms. The van der Waals surface area contributed by atoms with Crippen LogP contribution in [0.1, 0.15) is 38.5 Å². The van der Waals surface area contributed by atoms with Gasteiger partial charge in [-0.15, -0.1) is 0 Å². The second kappa shape index (κ2) is 5.63. The van der Waals surface area contributed by atoms with Crippen molar-refractivity contribution in [3.8, 4) is 0 Å². The number of nitrogens with zero attached hydrogens (tertiary/aromatic N) is 2. The summed E-state index contributed by atoms with van der Waals surface area (Å²) in [5.74, 6) is 0.855. The summed E-state index contributed by atoms with van der Waals surface area (Å²) in [6.45, 7) is 0.956. The number of hydrogen-bond donors (Lipinski definition) is 1. The molecular weight excluding hydrogens is 278 g/mol. The molecule has 2 heterocycles. The third-order valence-corrected chi connectivity index (χ3v) is 4.59. The molecule has 0 aliphatic heterocycles. The van der Waals surface area contributed by atoms with E-state index in [0.717, 1.165) is 28.4 Å². The number of H-pyrrole nitrogens is 1. The maximum atomic E-state index is 5.95. The molecule has 0 spiro atoms. The molecule has 0 aromatic carbocycles. The molecule has 0 unspecified atom stereocenters. The predicted octanol–water partition coefficient (Wildman–Crippen LogP) is 4.72. The van der Waals surface area contributed by atoms with E-state index in [1.54, 1.807) is 6.20 Å². The van der Waals surface area contributed by atoms with Crippen LogP contribution in [0.5, 0.6) is 0 Å². The Labute approximate surface area is 123 Å². The zero-order valence-corrected chi connectivity index (χ0v) is 12.4. The zero-order valence-electron chi connectivity index (χ0n) is 10.9. The van der Waals surface area contributed by atoms with Crippen molar-refractivity contribution < 1.29 is 0 Å². The Kier molecular flexibility index (Phi) is 3.89. The molecule has 1 saturated carbocycles. The maximum absolute atomic E-state index is 5.95. The summed E-state index contributed by atoms with van der Waals surface area (Å²) in [5.41, 5.74) is 1.85. The van der Waals surface area contributed by atoms with E-state index in [4.69, 9.17) is 23.8 Å². The first-order valence-electron chi connectivity index (χ1n) is 6.98. The largest absolute Gasteiger partial charge is 0.329 e. The molecule has 2 aromatic rings. The normalized spacial score (nSPS) is 17.1. The fraction of sp³-hybridized carbons (Fsp3) is 0.571. The van der Waals surface area contributed by atoms with Crippen molar-refractivity contribution in [3.05, 3.63) is 22.1 Å². The molecule has 0 amide bonds. The number of halogens is 1. The SMILES string of the molecule is S=c1[nH]c2cc(Cl)cnc2n1CCC1CCCCC1. The number of nitrogens with one attached hydrogen (secondary N) is 1. The summed E-state index contributed by atoms with van der Waals surface area (Å²) < 4.78 is 2.86. The first kappa shape index (κ1) is 13.1. The van der Waals surface area contributed by atoms with Gasteiger partial charge in [-0.25, -0.2) is 4.98 Å². The monoisotopic (exact) mass is 295 g/mol. The minimum absolute atomic E-state index is 0.642. The molecule has 2 aromatic heterocycles. The first-order chi connectivity index (χ1) is 9.24. The summed E-state index contributed by atoms with van der Waals surface area (Å²) in [6.07, 6.45) is 9.80. The number of rotatable bonds is 3. The molecule has 102 valence electrons. The third kappa shape index (κ3) is 2.84. The average molecular weight is 296 g/mol. The Morgan fingerprint density at radius 3 is 2.95 bits per heavy atom. The molecule has 1 fully saturated rings. The molecule has 1 aliphatic rings. The summed E-state index contributed by atoms with van der Waals surface area (Å²) in [6, 6.07) is 1.89. The van der Waals surface area contributed by atoms with Crippen LogP contribution in [0.15, 0.2) is 12.3 Å². The quantitative estimate of drug-likeness (QED) is 0.831. The highest BCUT2D eigenvalue weighted by Gasteiger charge is 2.14. The van der Waals surface area contributed by atoms with Crippen LogP contribution in [0, 0.1) is 10.7 Å². The van der Waals surface area contributed by atoms with Crippen molar-refractivity contribution >= 4 is 35.0 Å². The summed E-state index contributed by atoms with van der Waals surface area (Å²) in [7, 11) is 0. The van der Waals surface area contributed by atoms with Crippen LogP contribution < -0.4 is 0 Å². The smallest absolute Gasteiger partial charge is 0.179 e. The molecule has 3 rings (SSSR count). The van der Waals surface area contributed by atoms with Gasteiger partial charge in [0.05, 0.1) is 10.5 Å². The lowest BCUT2D eigenvalue weighted by atomic mass is 9.87. The fourth-order valence-corrected chi connectivity index (χ4v) is 3.46. The van der Waals surface area contributed by atoms with Gasteiger partial charge in [-0.3, -0.25) is 0 Å². The Morgan fingerprint density at radius 1 is 1.37 bits per heavy atom. The van der Waals surface area contributed by atoms with Gasteiger partial charge in [-0.1, -0.05) is 43.7 Å². The highest BCUT2D eigenvalue weighted by Crippen LogP contribution is 2.27. The van der Waals surface area contributed by atoms with Gasteiger partial charge < -0.3 is 9.55 Å². The van der Waals surface area contributed by atoms with Crippen molar-refractivity contribution in [2.24, 2.45) is 5.92 Å². The lowest BCUT2D eigenvalue weighted by Gasteiger charge is -2.21. The van der Waals surface area contributed by atoms with Gasteiger partial charge in [-0.05, 0) is 30.6 Å². The van der Waals surface area contributed by atoms with Gasteiger partial charge in [0.2, 0.25) is 0 Å². The van der Waals surface area contributed by atoms with E-state index in [1.807, 2.05) is 6.07 Å². The number of hydrogen-bond acceptors (Lipinski definition) is 2. The second-order valence-electron chi connectivity index (χ2n) is 5.40. The molecule has 0 bridgehead atoms. The van der Waals surface area contributed by atoms with Gasteiger partial charge in [-0.2, -0.15) is 0 Å². The Bertz CT molecular complexity index is 625. The van der Waals surface area contributed by atoms with Crippen LogP contribution in [0.2, 0.25) is 5.02 Å². The van der Waals surface area contributed by atoms with Crippen LogP contribution in [-0.2, 0) is 6.54 Å². The topological polar surface area (TPSA) is 33.6 Å². The molecule has 0 saturated heterocycles. The maximum Gasteiger partial charge on any atom is 0.179 e.